The van der Waals surface area contributed by atoms with E-state index in [1.165, 1.54) is 25.7 Å². The molecule has 0 saturated heterocycles. The first kappa shape index (κ1) is 17.7. The third kappa shape index (κ3) is 36.4. The summed E-state index contributed by atoms with van der Waals surface area (Å²) in [5, 5.41) is 0. The minimum Gasteiger partial charge on any atom is -0.343 e. The van der Waals surface area contributed by atoms with Crippen LogP contribution in [0.15, 0.2) is 0 Å². The maximum Gasteiger partial charge on any atom is 2.00 e. The molecule has 0 aliphatic heterocycles. The van der Waals surface area contributed by atoms with Gasteiger partial charge in [0.15, 0.2) is 0 Å². The van der Waals surface area contributed by atoms with Crippen molar-refractivity contribution in [2.45, 2.75) is 52.4 Å². The molecule has 0 saturated carbocycles. The van der Waals surface area contributed by atoms with E-state index in [0.717, 1.165) is 12.8 Å². The Morgan fingerprint density at radius 3 is 1.36 bits per heavy atom. The van der Waals surface area contributed by atoms with E-state index in [0.29, 0.717) is 0 Å². The van der Waals surface area contributed by atoms with Crippen molar-refractivity contribution in [3.8, 4) is 0 Å². The van der Waals surface area contributed by atoms with Crippen molar-refractivity contribution in [1.29, 1.82) is 0 Å². The molecular weight excluding hydrogens is 144 g/mol. The molecule has 11 heavy (non-hydrogen) atoms. The Hall–Kier alpha value is 0.766. The van der Waals surface area contributed by atoms with Crippen molar-refractivity contribution in [2.75, 3.05) is 0 Å². The summed E-state index contributed by atoms with van der Waals surface area (Å²) in [5.41, 5.74) is 0. The van der Waals surface area contributed by atoms with Crippen molar-refractivity contribution in [2.24, 2.45) is 0 Å². The van der Waals surface area contributed by atoms with Crippen LogP contribution < -0.4 is 0 Å². The molecule has 0 rings (SSSR count). The molecule has 0 nitrogen and oxygen atoms in total. The number of rotatable bonds is 4. The molecule has 0 fully saturated rings. The molecule has 0 radical (unpaired) electrons. The van der Waals surface area contributed by atoms with Gasteiger partial charge in [0, 0.05) is 0 Å². The zero-order valence-electron chi connectivity index (χ0n) is 8.36. The van der Waals surface area contributed by atoms with E-state index in [2.05, 4.69) is 27.7 Å². The maximum absolute atomic E-state index is 3.72. The second-order valence-electron chi connectivity index (χ2n) is 2.41. The summed E-state index contributed by atoms with van der Waals surface area (Å²) in [7, 11) is 0. The molecule has 0 atom stereocenters. The molecule has 0 aromatic carbocycles. The molecule has 0 unspecified atom stereocenters. The van der Waals surface area contributed by atoms with Gasteiger partial charge in [0.2, 0.25) is 0 Å². The largest absolute Gasteiger partial charge is 2.00 e. The van der Waals surface area contributed by atoms with Gasteiger partial charge in [0.25, 0.3) is 0 Å². The van der Waals surface area contributed by atoms with E-state index in [4.69, 9.17) is 0 Å². The van der Waals surface area contributed by atoms with Gasteiger partial charge in [-0.1, -0.05) is 39.5 Å². The first-order valence-electron chi connectivity index (χ1n) is 4.41. The molecule has 0 aromatic heterocycles. The number of hydrogen-bond donors (Lipinski definition) is 0. The van der Waals surface area contributed by atoms with Crippen molar-refractivity contribution >= 4 is 23.1 Å². The first-order chi connectivity index (χ1) is 4.83. The van der Waals surface area contributed by atoms with Gasteiger partial charge in [-0.25, -0.2) is 0 Å². The van der Waals surface area contributed by atoms with Crippen LogP contribution in [0.25, 0.3) is 0 Å². The van der Waals surface area contributed by atoms with Gasteiger partial charge in [-0.05, 0) is 0 Å². The Morgan fingerprint density at radius 2 is 1.27 bits per heavy atom. The van der Waals surface area contributed by atoms with Crippen LogP contribution >= 0.6 is 0 Å². The molecule has 0 aliphatic carbocycles. The van der Waals surface area contributed by atoms with E-state index >= 15 is 0 Å². The fourth-order valence-electron chi connectivity index (χ4n) is 0.427. The van der Waals surface area contributed by atoms with Crippen molar-refractivity contribution < 1.29 is 0 Å². The Morgan fingerprint density at radius 1 is 0.818 bits per heavy atom. The predicted octanol–water partition coefficient (Wildman–Crippen LogP) is 3.64. The van der Waals surface area contributed by atoms with Crippen LogP contribution in [0.4, 0.5) is 0 Å². The first-order valence-corrected chi connectivity index (χ1v) is 4.41. The molecule has 0 amide bonds. The average molecular weight is 167 g/mol. The molecule has 0 N–H and O–H groups in total. The quantitative estimate of drug-likeness (QED) is 0.340. The van der Waals surface area contributed by atoms with Crippen LogP contribution in [0.5, 0.6) is 0 Å². The minimum atomic E-state index is 0. The Labute approximate surface area is 89.3 Å². The Kier molecular flexibility index (Phi) is 36.2. The van der Waals surface area contributed by atoms with Crippen molar-refractivity contribution in [1.82, 2.24) is 0 Å². The van der Waals surface area contributed by atoms with Gasteiger partial charge in [-0.2, -0.15) is 12.8 Å². The van der Waals surface area contributed by atoms with E-state index in [1.54, 1.807) is 0 Å². The van der Waals surface area contributed by atoms with Gasteiger partial charge in [-0.3, -0.25) is 0 Å². The average Bonchev–Trinajstić information content (AvgIpc) is 2.01. The van der Waals surface area contributed by atoms with E-state index < -0.39 is 0 Å². The predicted molar refractivity (Wildman–Crippen MR) is 55.5 cm³/mol. The summed E-state index contributed by atoms with van der Waals surface area (Å²) >= 11 is 0. The number of unbranched alkanes of at least 4 members (excludes halogenated alkanes) is 4. The van der Waals surface area contributed by atoms with Gasteiger partial charge in [-0.15, -0.1) is 0 Å². The SMILES string of the molecule is [CH2-]CCC.[CH2-]CCCCC.[Mg+2]. The second kappa shape index (κ2) is 22.4. The van der Waals surface area contributed by atoms with Crippen LogP contribution in [-0.2, 0) is 0 Å². The monoisotopic (exact) mass is 166 g/mol. The second-order valence-corrected chi connectivity index (χ2v) is 2.41. The van der Waals surface area contributed by atoms with Crippen molar-refractivity contribution in [3.63, 3.8) is 0 Å². The standard InChI is InChI=1S/C6H13.C4H9.Mg/c1-3-5-6-4-2;1-3-4-2;/h1,3-6H2,2H3;1,3-4H2,2H3;/q2*-1;+2. The van der Waals surface area contributed by atoms with Crippen LogP contribution in [-0.4, -0.2) is 23.1 Å². The van der Waals surface area contributed by atoms with Gasteiger partial charge in [0.1, 0.15) is 0 Å². The molecule has 0 heterocycles. The van der Waals surface area contributed by atoms with Crippen LogP contribution in [0, 0.1) is 13.8 Å². The van der Waals surface area contributed by atoms with Crippen LogP contribution in [0.3, 0.4) is 0 Å². The summed E-state index contributed by atoms with van der Waals surface area (Å²) in [6, 6.07) is 0. The summed E-state index contributed by atoms with van der Waals surface area (Å²) < 4.78 is 0. The molecule has 0 aromatic rings. The molecule has 64 valence electrons. The molecule has 0 aliphatic rings. The topological polar surface area (TPSA) is 0 Å². The van der Waals surface area contributed by atoms with E-state index in [-0.39, 0.29) is 23.1 Å². The summed E-state index contributed by atoms with van der Waals surface area (Å²) in [6.07, 6.45) is 7.35. The third-order valence-corrected chi connectivity index (χ3v) is 1.21. The van der Waals surface area contributed by atoms with E-state index in [1.807, 2.05) is 0 Å². The molecule has 1 heteroatoms. The van der Waals surface area contributed by atoms with Crippen LogP contribution in [0.2, 0.25) is 0 Å². The fraction of sp³-hybridized carbons (Fsp3) is 0.800. The normalized spacial score (nSPS) is 7.64. The maximum atomic E-state index is 3.72. The Bertz CT molecular complexity index is 29.9. The fourth-order valence-corrected chi connectivity index (χ4v) is 0.427. The number of hydrogen-bond acceptors (Lipinski definition) is 0. The summed E-state index contributed by atoms with van der Waals surface area (Å²) in [5.74, 6) is 0. The third-order valence-electron chi connectivity index (χ3n) is 1.21. The van der Waals surface area contributed by atoms with E-state index in [9.17, 15) is 0 Å². The molecule has 0 bridgehead atoms. The minimum absolute atomic E-state index is 0. The zero-order valence-corrected chi connectivity index (χ0v) is 9.78. The van der Waals surface area contributed by atoms with Gasteiger partial charge in [0.05, 0.1) is 0 Å². The van der Waals surface area contributed by atoms with Crippen LogP contribution in [0.1, 0.15) is 52.4 Å². The van der Waals surface area contributed by atoms with Crippen molar-refractivity contribution in [3.05, 3.63) is 13.8 Å². The summed E-state index contributed by atoms with van der Waals surface area (Å²) in [6.45, 7) is 11.6. The van der Waals surface area contributed by atoms with Gasteiger partial charge < -0.3 is 13.8 Å². The summed E-state index contributed by atoms with van der Waals surface area (Å²) in [4.78, 5) is 0. The smallest absolute Gasteiger partial charge is 0.343 e. The molecule has 0 spiro atoms. The molecular formula is C10H22Mg. The zero-order chi connectivity index (χ0) is 8.24. The Balaban J connectivity index is -0.000000114. The van der Waals surface area contributed by atoms with Gasteiger partial charge >= 0.3 is 23.1 Å².